The van der Waals surface area contributed by atoms with Crippen molar-refractivity contribution in [2.24, 2.45) is 0 Å². The molecule has 1 aromatic rings. The van der Waals surface area contributed by atoms with E-state index in [1.54, 1.807) is 24.3 Å². The number of benzene rings is 1. The first-order valence-electron chi connectivity index (χ1n) is 2.52. The second-order valence-electron chi connectivity index (χ2n) is 1.63. The highest BCUT2D eigenvalue weighted by atomic mass is 35.5. The molecular formula is C7H5ClF. The average Bonchev–Trinajstić information content (AvgIpc) is 1.89. The average molecular weight is 144 g/mol. The summed E-state index contributed by atoms with van der Waals surface area (Å²) in [5, 5.41) is 0.444. The van der Waals surface area contributed by atoms with Crippen molar-refractivity contribution in [3.63, 3.8) is 0 Å². The lowest BCUT2D eigenvalue weighted by molar-refractivity contribution is 0.646. The molecule has 0 heterocycles. The summed E-state index contributed by atoms with van der Waals surface area (Å²) in [7, 11) is 0. The third-order valence-corrected chi connectivity index (χ3v) is 1.37. The minimum Gasteiger partial charge on any atom is -0.239 e. The van der Waals surface area contributed by atoms with Gasteiger partial charge in [-0.1, -0.05) is 29.8 Å². The van der Waals surface area contributed by atoms with Gasteiger partial charge < -0.3 is 0 Å². The van der Waals surface area contributed by atoms with Crippen LogP contribution in [-0.4, -0.2) is 0 Å². The van der Waals surface area contributed by atoms with Gasteiger partial charge in [0.15, 0.2) is 6.67 Å². The molecule has 0 spiro atoms. The van der Waals surface area contributed by atoms with Crippen molar-refractivity contribution in [1.82, 2.24) is 0 Å². The van der Waals surface area contributed by atoms with Gasteiger partial charge in [0.2, 0.25) is 0 Å². The van der Waals surface area contributed by atoms with E-state index in [0.717, 1.165) is 0 Å². The first-order chi connectivity index (χ1) is 4.34. The normalized spacial score (nSPS) is 9.56. The molecule has 0 aliphatic carbocycles. The molecule has 1 aromatic carbocycles. The lowest BCUT2D eigenvalue weighted by Gasteiger charge is -1.93. The van der Waals surface area contributed by atoms with Crippen molar-refractivity contribution in [1.29, 1.82) is 0 Å². The van der Waals surface area contributed by atoms with Gasteiger partial charge in [0.05, 0.1) is 0 Å². The monoisotopic (exact) mass is 143 g/mol. The number of hydrogen-bond acceptors (Lipinski definition) is 0. The van der Waals surface area contributed by atoms with Crippen molar-refractivity contribution in [3.05, 3.63) is 41.5 Å². The van der Waals surface area contributed by atoms with Gasteiger partial charge in [0.25, 0.3) is 0 Å². The van der Waals surface area contributed by atoms with Crippen LogP contribution in [0.15, 0.2) is 24.3 Å². The highest BCUT2D eigenvalue weighted by Crippen LogP contribution is 2.16. The smallest absolute Gasteiger partial charge is 0.162 e. The second kappa shape index (κ2) is 2.83. The first kappa shape index (κ1) is 6.56. The Kier molecular flexibility index (Phi) is 2.06. The standard InChI is InChI=1S/C7H5ClF/c8-7-4-2-1-3-6(7)5-9/h1-5H. The van der Waals surface area contributed by atoms with E-state index in [2.05, 4.69) is 0 Å². The van der Waals surface area contributed by atoms with Crippen molar-refractivity contribution in [3.8, 4) is 0 Å². The quantitative estimate of drug-likeness (QED) is 0.567. The molecule has 2 heteroatoms. The number of halogens is 2. The Balaban J connectivity index is 3.01. The fourth-order valence-corrected chi connectivity index (χ4v) is 0.741. The van der Waals surface area contributed by atoms with Crippen LogP contribution in [0, 0.1) is 6.67 Å². The predicted octanol–water partition coefficient (Wildman–Crippen LogP) is 2.82. The zero-order chi connectivity index (χ0) is 6.69. The number of rotatable bonds is 1. The molecule has 0 fully saturated rings. The van der Waals surface area contributed by atoms with E-state index in [1.807, 2.05) is 0 Å². The summed E-state index contributed by atoms with van der Waals surface area (Å²) >= 11 is 5.55. The molecule has 0 bridgehead atoms. The van der Waals surface area contributed by atoms with Gasteiger partial charge in [-0.05, 0) is 6.07 Å². The molecule has 1 rings (SSSR count). The van der Waals surface area contributed by atoms with Crippen molar-refractivity contribution in [2.75, 3.05) is 0 Å². The van der Waals surface area contributed by atoms with E-state index in [0.29, 0.717) is 17.3 Å². The summed E-state index contributed by atoms with van der Waals surface area (Å²) in [6.45, 7) is 0.488. The van der Waals surface area contributed by atoms with Crippen LogP contribution in [0.25, 0.3) is 0 Å². The van der Waals surface area contributed by atoms with Crippen molar-refractivity contribution in [2.45, 2.75) is 0 Å². The third-order valence-electron chi connectivity index (χ3n) is 1.02. The van der Waals surface area contributed by atoms with Gasteiger partial charge >= 0.3 is 0 Å². The van der Waals surface area contributed by atoms with Crippen LogP contribution in [0.5, 0.6) is 0 Å². The minimum absolute atomic E-state index is 0.430. The molecule has 0 aromatic heterocycles. The summed E-state index contributed by atoms with van der Waals surface area (Å²) in [5.74, 6) is 0. The molecule has 0 N–H and O–H groups in total. The van der Waals surface area contributed by atoms with Gasteiger partial charge in [-0.25, -0.2) is 4.39 Å². The molecule has 0 nitrogen and oxygen atoms in total. The summed E-state index contributed by atoms with van der Waals surface area (Å²) in [6, 6.07) is 6.75. The van der Waals surface area contributed by atoms with E-state index in [9.17, 15) is 4.39 Å². The largest absolute Gasteiger partial charge is 0.239 e. The molecule has 47 valence electrons. The van der Waals surface area contributed by atoms with Crippen LogP contribution in [0.2, 0.25) is 5.02 Å². The van der Waals surface area contributed by atoms with E-state index < -0.39 is 0 Å². The fraction of sp³-hybridized carbons (Fsp3) is 0. The molecule has 0 saturated heterocycles. The Morgan fingerprint density at radius 2 is 2.00 bits per heavy atom. The van der Waals surface area contributed by atoms with Gasteiger partial charge in [-0.2, -0.15) is 0 Å². The van der Waals surface area contributed by atoms with E-state index in [4.69, 9.17) is 11.6 Å². The predicted molar refractivity (Wildman–Crippen MR) is 36.0 cm³/mol. The zero-order valence-corrected chi connectivity index (χ0v) is 5.40. The topological polar surface area (TPSA) is 0 Å². The highest BCUT2D eigenvalue weighted by Gasteiger charge is 1.95. The van der Waals surface area contributed by atoms with Gasteiger partial charge in [0.1, 0.15) is 0 Å². The zero-order valence-electron chi connectivity index (χ0n) is 4.64. The molecule has 0 atom stereocenters. The Morgan fingerprint density at radius 3 is 2.44 bits per heavy atom. The first-order valence-corrected chi connectivity index (χ1v) is 2.90. The molecule has 1 radical (unpaired) electrons. The van der Waals surface area contributed by atoms with Crippen LogP contribution < -0.4 is 0 Å². The maximum atomic E-state index is 11.8. The summed E-state index contributed by atoms with van der Waals surface area (Å²) < 4.78 is 11.8. The summed E-state index contributed by atoms with van der Waals surface area (Å²) in [6.07, 6.45) is 0. The Bertz CT molecular complexity index is 198. The van der Waals surface area contributed by atoms with Gasteiger partial charge in [-0.15, -0.1) is 0 Å². The molecule has 9 heavy (non-hydrogen) atoms. The van der Waals surface area contributed by atoms with E-state index in [1.165, 1.54) is 0 Å². The van der Waals surface area contributed by atoms with Crippen molar-refractivity contribution < 1.29 is 4.39 Å². The van der Waals surface area contributed by atoms with Crippen LogP contribution in [-0.2, 0) is 0 Å². The minimum atomic E-state index is 0.430. The fourth-order valence-electron chi connectivity index (χ4n) is 0.564. The summed E-state index contributed by atoms with van der Waals surface area (Å²) in [5.41, 5.74) is 0.430. The molecule has 0 aliphatic rings. The Morgan fingerprint density at radius 1 is 1.33 bits per heavy atom. The lowest BCUT2D eigenvalue weighted by Crippen LogP contribution is -1.74. The van der Waals surface area contributed by atoms with E-state index in [-0.39, 0.29) is 0 Å². The molecule has 0 saturated carbocycles. The second-order valence-corrected chi connectivity index (χ2v) is 2.04. The highest BCUT2D eigenvalue weighted by molar-refractivity contribution is 6.31. The summed E-state index contributed by atoms with van der Waals surface area (Å²) in [4.78, 5) is 0. The Labute approximate surface area is 58.3 Å². The van der Waals surface area contributed by atoms with Crippen LogP contribution in [0.3, 0.4) is 0 Å². The van der Waals surface area contributed by atoms with E-state index >= 15 is 0 Å². The van der Waals surface area contributed by atoms with Crippen LogP contribution >= 0.6 is 11.6 Å². The third kappa shape index (κ3) is 1.42. The van der Waals surface area contributed by atoms with Crippen LogP contribution in [0.1, 0.15) is 5.56 Å². The van der Waals surface area contributed by atoms with Crippen molar-refractivity contribution >= 4 is 11.6 Å². The lowest BCUT2D eigenvalue weighted by atomic mass is 10.2. The van der Waals surface area contributed by atoms with Crippen LogP contribution in [0.4, 0.5) is 4.39 Å². The maximum absolute atomic E-state index is 11.8. The molecular weight excluding hydrogens is 139 g/mol. The molecule has 0 unspecified atom stereocenters. The molecule has 0 aliphatic heterocycles. The van der Waals surface area contributed by atoms with Gasteiger partial charge in [-0.3, -0.25) is 0 Å². The van der Waals surface area contributed by atoms with Gasteiger partial charge in [0, 0.05) is 10.6 Å². The Hall–Kier alpha value is -0.560. The SMILES string of the molecule is F[CH]c1ccccc1Cl. The molecule has 0 amide bonds. The number of hydrogen-bond donors (Lipinski definition) is 0. The maximum Gasteiger partial charge on any atom is 0.162 e.